The van der Waals surface area contributed by atoms with Gasteiger partial charge in [0.15, 0.2) is 0 Å². The maximum atomic E-state index is 5.68. The summed E-state index contributed by atoms with van der Waals surface area (Å²) in [5.74, 6) is 0.596. The Kier molecular flexibility index (Phi) is 7.13. The van der Waals surface area contributed by atoms with Crippen molar-refractivity contribution >= 4 is 0 Å². The van der Waals surface area contributed by atoms with Crippen molar-refractivity contribution in [3.8, 4) is 0 Å². The summed E-state index contributed by atoms with van der Waals surface area (Å²) in [5, 5.41) is 3.68. The quantitative estimate of drug-likeness (QED) is 0.794. The standard InChI is InChI=1S/C17H29N3O/c1-3-9-19-17-8-12-21-14-15(17)13-20(2)11-7-16-6-4-5-10-18-16/h4-6,10,15,17,19H,3,7-9,11-14H2,1-2H3. The van der Waals surface area contributed by atoms with Crippen molar-refractivity contribution in [3.63, 3.8) is 0 Å². The summed E-state index contributed by atoms with van der Waals surface area (Å²) in [6.45, 7) is 7.26. The van der Waals surface area contributed by atoms with E-state index in [1.165, 1.54) is 12.1 Å². The maximum Gasteiger partial charge on any atom is 0.0521 e. The lowest BCUT2D eigenvalue weighted by atomic mass is 9.95. The summed E-state index contributed by atoms with van der Waals surface area (Å²) in [6.07, 6.45) is 5.21. The SMILES string of the molecule is CCCNC1CCOCC1CN(C)CCc1ccccn1. The molecule has 0 bridgehead atoms. The van der Waals surface area contributed by atoms with Crippen LogP contribution in [-0.4, -0.2) is 55.8 Å². The van der Waals surface area contributed by atoms with Gasteiger partial charge in [-0.05, 0) is 38.6 Å². The van der Waals surface area contributed by atoms with Crippen molar-refractivity contribution in [1.82, 2.24) is 15.2 Å². The van der Waals surface area contributed by atoms with E-state index in [9.17, 15) is 0 Å². The fourth-order valence-corrected chi connectivity index (χ4v) is 2.92. The number of nitrogens with zero attached hydrogens (tertiary/aromatic N) is 2. The van der Waals surface area contributed by atoms with Gasteiger partial charge < -0.3 is 15.0 Å². The molecule has 4 nitrogen and oxygen atoms in total. The minimum Gasteiger partial charge on any atom is -0.381 e. The van der Waals surface area contributed by atoms with Crippen LogP contribution in [0.4, 0.5) is 0 Å². The molecule has 1 saturated heterocycles. The lowest BCUT2D eigenvalue weighted by molar-refractivity contribution is 0.0199. The highest BCUT2D eigenvalue weighted by Gasteiger charge is 2.26. The number of ether oxygens (including phenoxy) is 1. The van der Waals surface area contributed by atoms with Crippen LogP contribution in [0.2, 0.25) is 0 Å². The monoisotopic (exact) mass is 291 g/mol. The maximum absolute atomic E-state index is 5.68. The lowest BCUT2D eigenvalue weighted by Crippen LogP contribution is -2.47. The van der Waals surface area contributed by atoms with Crippen LogP contribution in [0.25, 0.3) is 0 Å². The van der Waals surface area contributed by atoms with E-state index in [1.54, 1.807) is 0 Å². The van der Waals surface area contributed by atoms with E-state index in [4.69, 9.17) is 4.74 Å². The predicted molar refractivity (Wildman–Crippen MR) is 86.4 cm³/mol. The highest BCUT2D eigenvalue weighted by atomic mass is 16.5. The van der Waals surface area contributed by atoms with Gasteiger partial charge in [-0.3, -0.25) is 4.98 Å². The first-order chi connectivity index (χ1) is 10.3. The summed E-state index contributed by atoms with van der Waals surface area (Å²) in [6, 6.07) is 6.73. The second-order valence-corrected chi connectivity index (χ2v) is 6.02. The molecule has 0 saturated carbocycles. The molecule has 4 heteroatoms. The van der Waals surface area contributed by atoms with Crippen molar-refractivity contribution < 1.29 is 4.74 Å². The molecule has 0 spiro atoms. The Labute approximate surface area is 128 Å². The van der Waals surface area contributed by atoms with E-state index in [0.29, 0.717) is 12.0 Å². The van der Waals surface area contributed by atoms with Gasteiger partial charge in [0.2, 0.25) is 0 Å². The minimum atomic E-state index is 0.596. The van der Waals surface area contributed by atoms with Gasteiger partial charge in [0, 0.05) is 50.0 Å². The van der Waals surface area contributed by atoms with E-state index in [-0.39, 0.29) is 0 Å². The molecule has 1 aliphatic heterocycles. The van der Waals surface area contributed by atoms with Crippen molar-refractivity contribution in [2.24, 2.45) is 5.92 Å². The number of hydrogen-bond acceptors (Lipinski definition) is 4. The molecule has 0 radical (unpaired) electrons. The summed E-state index contributed by atoms with van der Waals surface area (Å²) in [4.78, 5) is 6.80. The third-order valence-corrected chi connectivity index (χ3v) is 4.15. The minimum absolute atomic E-state index is 0.596. The Balaban J connectivity index is 1.75. The normalized spacial score (nSPS) is 22.6. The fraction of sp³-hybridized carbons (Fsp3) is 0.706. The summed E-state index contributed by atoms with van der Waals surface area (Å²) in [5.41, 5.74) is 1.17. The molecule has 0 amide bonds. The van der Waals surface area contributed by atoms with Crippen LogP contribution >= 0.6 is 0 Å². The van der Waals surface area contributed by atoms with Crippen molar-refractivity contribution in [2.45, 2.75) is 32.2 Å². The number of pyridine rings is 1. The zero-order chi connectivity index (χ0) is 14.9. The summed E-state index contributed by atoms with van der Waals surface area (Å²) in [7, 11) is 2.20. The molecule has 118 valence electrons. The van der Waals surface area contributed by atoms with E-state index >= 15 is 0 Å². The van der Waals surface area contributed by atoms with E-state index in [0.717, 1.165) is 45.7 Å². The zero-order valence-corrected chi connectivity index (χ0v) is 13.4. The molecular weight excluding hydrogens is 262 g/mol. The topological polar surface area (TPSA) is 37.4 Å². The molecule has 21 heavy (non-hydrogen) atoms. The van der Waals surface area contributed by atoms with Crippen molar-refractivity contribution in [2.75, 3.05) is 39.9 Å². The zero-order valence-electron chi connectivity index (χ0n) is 13.4. The Hall–Kier alpha value is -0.970. The van der Waals surface area contributed by atoms with Crippen LogP contribution < -0.4 is 5.32 Å². The summed E-state index contributed by atoms with van der Waals surface area (Å²) >= 11 is 0. The average molecular weight is 291 g/mol. The first-order valence-electron chi connectivity index (χ1n) is 8.19. The molecule has 0 aromatic carbocycles. The van der Waals surface area contributed by atoms with Gasteiger partial charge in [-0.25, -0.2) is 0 Å². The van der Waals surface area contributed by atoms with Crippen LogP contribution in [0.15, 0.2) is 24.4 Å². The Morgan fingerprint density at radius 3 is 3.10 bits per heavy atom. The second kappa shape index (κ2) is 9.13. The number of nitrogens with one attached hydrogen (secondary N) is 1. The molecule has 2 rings (SSSR count). The van der Waals surface area contributed by atoms with Crippen LogP contribution in [0.3, 0.4) is 0 Å². The van der Waals surface area contributed by atoms with Crippen LogP contribution in [0.5, 0.6) is 0 Å². The molecule has 1 aromatic heterocycles. The van der Waals surface area contributed by atoms with Gasteiger partial charge in [0.1, 0.15) is 0 Å². The van der Waals surface area contributed by atoms with E-state index < -0.39 is 0 Å². The Morgan fingerprint density at radius 1 is 1.43 bits per heavy atom. The highest BCUT2D eigenvalue weighted by molar-refractivity contribution is 5.03. The second-order valence-electron chi connectivity index (χ2n) is 6.02. The van der Waals surface area contributed by atoms with E-state index in [1.807, 2.05) is 12.3 Å². The molecule has 0 aliphatic carbocycles. The molecule has 2 unspecified atom stereocenters. The first kappa shape index (κ1) is 16.4. The summed E-state index contributed by atoms with van der Waals surface area (Å²) < 4.78 is 5.68. The van der Waals surface area contributed by atoms with Gasteiger partial charge >= 0.3 is 0 Å². The van der Waals surface area contributed by atoms with Gasteiger partial charge in [0.25, 0.3) is 0 Å². The fourth-order valence-electron chi connectivity index (χ4n) is 2.92. The molecular formula is C17H29N3O. The third kappa shape index (κ3) is 5.73. The third-order valence-electron chi connectivity index (χ3n) is 4.15. The van der Waals surface area contributed by atoms with Crippen LogP contribution in [-0.2, 0) is 11.2 Å². The van der Waals surface area contributed by atoms with Gasteiger partial charge in [-0.1, -0.05) is 13.0 Å². The Morgan fingerprint density at radius 2 is 2.33 bits per heavy atom. The average Bonchev–Trinajstić information content (AvgIpc) is 2.53. The molecule has 1 aliphatic rings. The lowest BCUT2D eigenvalue weighted by Gasteiger charge is -2.35. The van der Waals surface area contributed by atoms with Crippen molar-refractivity contribution in [1.29, 1.82) is 0 Å². The molecule has 2 atom stereocenters. The molecule has 1 aromatic rings. The van der Waals surface area contributed by atoms with Crippen LogP contribution in [0, 0.1) is 5.92 Å². The predicted octanol–water partition coefficient (Wildman–Crippen LogP) is 1.96. The molecule has 2 heterocycles. The van der Waals surface area contributed by atoms with Gasteiger partial charge in [0.05, 0.1) is 6.61 Å². The first-order valence-corrected chi connectivity index (χ1v) is 8.19. The van der Waals surface area contributed by atoms with Crippen molar-refractivity contribution in [3.05, 3.63) is 30.1 Å². The highest BCUT2D eigenvalue weighted by Crippen LogP contribution is 2.16. The number of aromatic nitrogens is 1. The van der Waals surface area contributed by atoms with Crippen LogP contribution in [0.1, 0.15) is 25.5 Å². The Bertz CT molecular complexity index is 385. The largest absolute Gasteiger partial charge is 0.381 e. The van der Waals surface area contributed by atoms with Gasteiger partial charge in [-0.2, -0.15) is 0 Å². The number of likely N-dealkylation sites (N-methyl/N-ethyl adjacent to an activating group) is 1. The number of rotatable bonds is 8. The molecule has 1 N–H and O–H groups in total. The number of hydrogen-bond donors (Lipinski definition) is 1. The smallest absolute Gasteiger partial charge is 0.0521 e. The van der Waals surface area contributed by atoms with Gasteiger partial charge in [-0.15, -0.1) is 0 Å². The van der Waals surface area contributed by atoms with E-state index in [2.05, 4.69) is 41.3 Å². The molecule has 1 fully saturated rings.